The van der Waals surface area contributed by atoms with Crippen LogP contribution in [0.5, 0.6) is 0 Å². The number of aliphatic carboxylic acids is 1. The first kappa shape index (κ1) is 28.8. The van der Waals surface area contributed by atoms with Crippen LogP contribution in [0.2, 0.25) is 0 Å². The normalized spacial score (nSPS) is 36.1. The van der Waals surface area contributed by atoms with Gasteiger partial charge in [0.2, 0.25) is 0 Å². The number of rotatable bonds is 10. The van der Waals surface area contributed by atoms with Crippen LogP contribution in [0.3, 0.4) is 0 Å². The Hall–Kier alpha value is -2.39. The third-order valence-corrected chi connectivity index (χ3v) is 8.11. The molecule has 0 aromatic carbocycles. The molecule has 0 unspecified atom stereocenters. The number of hydrogen-bond donors (Lipinski definition) is 3. The van der Waals surface area contributed by atoms with Gasteiger partial charge in [0.1, 0.15) is 17.7 Å². The van der Waals surface area contributed by atoms with Crippen LogP contribution in [0.25, 0.3) is 0 Å². The van der Waals surface area contributed by atoms with Gasteiger partial charge in [-0.2, -0.15) is 0 Å². The van der Waals surface area contributed by atoms with Crippen LogP contribution in [0.1, 0.15) is 73.1 Å². The van der Waals surface area contributed by atoms with E-state index in [1.54, 1.807) is 20.8 Å². The number of carboxylic acids is 1. The van der Waals surface area contributed by atoms with Gasteiger partial charge in [-0.3, -0.25) is 14.4 Å². The molecule has 0 aromatic heterocycles. The van der Waals surface area contributed by atoms with Crippen LogP contribution in [0.15, 0.2) is 11.6 Å². The van der Waals surface area contributed by atoms with E-state index in [0.29, 0.717) is 31.1 Å². The lowest BCUT2D eigenvalue weighted by Gasteiger charge is -2.59. The third-order valence-electron chi connectivity index (χ3n) is 8.11. The molecule has 7 atom stereocenters. The molecule has 9 heteroatoms. The number of aldehydes is 1. The van der Waals surface area contributed by atoms with Gasteiger partial charge < -0.3 is 24.9 Å². The summed E-state index contributed by atoms with van der Waals surface area (Å²) in [5.74, 6) is -5.39. The van der Waals surface area contributed by atoms with Crippen molar-refractivity contribution in [2.75, 3.05) is 6.61 Å². The second-order valence-corrected chi connectivity index (χ2v) is 10.9. The van der Waals surface area contributed by atoms with E-state index in [1.165, 1.54) is 13.8 Å². The molecule has 0 amide bonds. The van der Waals surface area contributed by atoms with Crippen LogP contribution in [-0.2, 0) is 28.7 Å². The van der Waals surface area contributed by atoms with Gasteiger partial charge in [0.05, 0.1) is 25.0 Å². The standard InChI is InChI=1S/C26H38O9/c1-6-16(14-35-21(31)12-15(2)11-20(29)30)22-25(4,19(28)8-10-27)18-7-9-24(3,33)13-17(18)23(32)26(22,5)34/h10-11,16-18,22,33-34H,6-9,12-14H2,1-5H3,(H,29,30)/t16-,17-,18-,22+,24+,25-,26-/m0/s1. The Morgan fingerprint density at radius 1 is 1.20 bits per heavy atom. The Bertz CT molecular complexity index is 900. The molecule has 196 valence electrons. The average Bonchev–Trinajstić information content (AvgIpc) is 2.73. The fourth-order valence-corrected chi connectivity index (χ4v) is 6.54. The van der Waals surface area contributed by atoms with Crippen molar-refractivity contribution in [2.24, 2.45) is 29.1 Å². The molecule has 0 radical (unpaired) electrons. The number of carbonyl (C=O) groups is 5. The van der Waals surface area contributed by atoms with Gasteiger partial charge in [-0.05, 0) is 58.3 Å². The Morgan fingerprint density at radius 2 is 1.83 bits per heavy atom. The highest BCUT2D eigenvalue weighted by Gasteiger charge is 2.66. The first-order valence-electron chi connectivity index (χ1n) is 12.1. The lowest BCUT2D eigenvalue weighted by atomic mass is 9.44. The Morgan fingerprint density at radius 3 is 2.37 bits per heavy atom. The summed E-state index contributed by atoms with van der Waals surface area (Å²) >= 11 is 0. The van der Waals surface area contributed by atoms with Gasteiger partial charge in [-0.15, -0.1) is 0 Å². The number of hydrogen-bond acceptors (Lipinski definition) is 8. The number of Topliss-reactive ketones (excluding diaryl/α,β-unsaturated/α-hetero) is 2. The summed E-state index contributed by atoms with van der Waals surface area (Å²) in [7, 11) is 0. The maximum Gasteiger partial charge on any atom is 0.328 e. The van der Waals surface area contributed by atoms with Gasteiger partial charge in [0, 0.05) is 23.3 Å². The fraction of sp³-hybridized carbons (Fsp3) is 0.731. The number of carbonyl (C=O) groups excluding carboxylic acids is 4. The average molecular weight is 495 g/mol. The molecule has 3 N–H and O–H groups in total. The smallest absolute Gasteiger partial charge is 0.328 e. The molecule has 0 saturated heterocycles. The Kier molecular flexibility index (Phi) is 8.82. The van der Waals surface area contributed by atoms with E-state index in [1.807, 2.05) is 0 Å². The Balaban J connectivity index is 2.44. The van der Waals surface area contributed by atoms with Gasteiger partial charge in [0.25, 0.3) is 0 Å². The predicted octanol–water partition coefficient (Wildman–Crippen LogP) is 2.26. The predicted molar refractivity (Wildman–Crippen MR) is 125 cm³/mol. The quantitative estimate of drug-likeness (QED) is 0.179. The molecule has 2 rings (SSSR count). The van der Waals surface area contributed by atoms with E-state index in [9.17, 15) is 34.2 Å². The molecule has 0 aliphatic heterocycles. The fourth-order valence-electron chi connectivity index (χ4n) is 6.54. The number of carboxylic acid groups (broad SMARTS) is 1. The summed E-state index contributed by atoms with van der Waals surface area (Å²) in [6.07, 6.45) is 2.08. The lowest BCUT2D eigenvalue weighted by Crippen LogP contribution is -2.68. The van der Waals surface area contributed by atoms with Gasteiger partial charge in [-0.1, -0.05) is 19.4 Å². The monoisotopic (exact) mass is 494 g/mol. The summed E-state index contributed by atoms with van der Waals surface area (Å²) < 4.78 is 5.42. The van der Waals surface area contributed by atoms with Gasteiger partial charge in [0.15, 0.2) is 5.78 Å². The summed E-state index contributed by atoms with van der Waals surface area (Å²) in [6.45, 7) is 7.81. The summed E-state index contributed by atoms with van der Waals surface area (Å²) in [4.78, 5) is 61.5. The molecule has 2 aliphatic carbocycles. The van der Waals surface area contributed by atoms with E-state index in [-0.39, 0.29) is 31.7 Å². The number of fused-ring (bicyclic) bond motifs is 1. The maximum absolute atomic E-state index is 13.5. The van der Waals surface area contributed by atoms with Gasteiger partial charge >= 0.3 is 11.9 Å². The first-order chi connectivity index (χ1) is 16.1. The topological polar surface area (TPSA) is 155 Å². The van der Waals surface area contributed by atoms with Gasteiger partial charge in [-0.25, -0.2) is 4.79 Å². The Labute approximate surface area is 205 Å². The van der Waals surface area contributed by atoms with E-state index in [0.717, 1.165) is 6.08 Å². The molecule has 2 aliphatic rings. The lowest BCUT2D eigenvalue weighted by molar-refractivity contribution is -0.201. The molecule has 0 bridgehead atoms. The highest BCUT2D eigenvalue weighted by molar-refractivity contribution is 5.99. The van der Waals surface area contributed by atoms with Crippen molar-refractivity contribution in [1.82, 2.24) is 0 Å². The van der Waals surface area contributed by atoms with Crippen molar-refractivity contribution in [1.29, 1.82) is 0 Å². The molecule has 9 nitrogen and oxygen atoms in total. The van der Waals surface area contributed by atoms with E-state index in [2.05, 4.69) is 0 Å². The molecule has 2 fully saturated rings. The van der Waals surface area contributed by atoms with E-state index >= 15 is 0 Å². The number of esters is 1. The maximum atomic E-state index is 13.5. The van der Waals surface area contributed by atoms with Crippen molar-refractivity contribution in [3.8, 4) is 0 Å². The molecule has 35 heavy (non-hydrogen) atoms. The minimum absolute atomic E-state index is 0.115. The molecule has 0 aromatic rings. The summed E-state index contributed by atoms with van der Waals surface area (Å²) in [5, 5.41) is 31.0. The van der Waals surface area contributed by atoms with Crippen LogP contribution in [-0.4, -0.2) is 62.9 Å². The van der Waals surface area contributed by atoms with Crippen molar-refractivity contribution >= 4 is 29.8 Å². The first-order valence-corrected chi connectivity index (χ1v) is 12.1. The highest BCUT2D eigenvalue weighted by atomic mass is 16.5. The van der Waals surface area contributed by atoms with Crippen LogP contribution >= 0.6 is 0 Å². The minimum atomic E-state index is -1.95. The van der Waals surface area contributed by atoms with E-state index in [4.69, 9.17) is 9.84 Å². The second-order valence-electron chi connectivity index (χ2n) is 10.9. The van der Waals surface area contributed by atoms with Crippen LogP contribution in [0, 0.1) is 29.1 Å². The van der Waals surface area contributed by atoms with Crippen molar-refractivity contribution in [3.05, 3.63) is 11.6 Å². The molecule has 0 heterocycles. The van der Waals surface area contributed by atoms with E-state index < -0.39 is 58.0 Å². The zero-order valence-corrected chi connectivity index (χ0v) is 21.2. The zero-order chi connectivity index (χ0) is 26.8. The highest BCUT2D eigenvalue weighted by Crippen LogP contribution is 2.59. The number of ketones is 2. The van der Waals surface area contributed by atoms with Crippen LogP contribution < -0.4 is 0 Å². The molecular weight excluding hydrogens is 456 g/mol. The van der Waals surface area contributed by atoms with Crippen molar-refractivity contribution in [3.63, 3.8) is 0 Å². The SMILES string of the molecule is CC[C@@H](COC(=O)CC(C)=CC(=O)O)[C@@H]1[C@](C)(C(=O)CC=O)[C@H]2CC[C@@](C)(O)C[C@@H]2C(=O)[C@@]1(C)O. The third kappa shape index (κ3) is 5.89. The second kappa shape index (κ2) is 10.7. The minimum Gasteiger partial charge on any atom is -0.478 e. The number of ether oxygens (including phenoxy) is 1. The molecule has 2 saturated carbocycles. The summed E-state index contributed by atoms with van der Waals surface area (Å²) in [5.41, 5.74) is -4.01. The molecular formula is C26H38O9. The largest absolute Gasteiger partial charge is 0.478 e. The zero-order valence-electron chi connectivity index (χ0n) is 21.2. The van der Waals surface area contributed by atoms with Crippen molar-refractivity contribution in [2.45, 2.75) is 84.3 Å². The van der Waals surface area contributed by atoms with Crippen molar-refractivity contribution < 1.29 is 44.0 Å². The van der Waals surface area contributed by atoms with Crippen LogP contribution in [0.4, 0.5) is 0 Å². The molecule has 0 spiro atoms. The summed E-state index contributed by atoms with van der Waals surface area (Å²) in [6, 6.07) is 0. The number of aliphatic hydroxyl groups is 2.